The van der Waals surface area contributed by atoms with Crippen LogP contribution in [0.15, 0.2) is 48.3 Å². The normalized spacial score (nSPS) is 13.4. The van der Waals surface area contributed by atoms with Crippen LogP contribution in [-0.4, -0.2) is 43.5 Å². The summed E-state index contributed by atoms with van der Waals surface area (Å²) < 4.78 is 40.9. The number of pyridine rings is 1. The van der Waals surface area contributed by atoms with E-state index in [9.17, 15) is 22.8 Å². The number of allylic oxidation sites excluding steroid dienone is 1. The van der Waals surface area contributed by atoms with Gasteiger partial charge in [0.25, 0.3) is 0 Å². The Bertz CT molecular complexity index is 1060. The Morgan fingerprint density at radius 2 is 2.00 bits per heavy atom. The number of anilines is 1. The summed E-state index contributed by atoms with van der Waals surface area (Å²) in [6, 6.07) is 6.81. The van der Waals surface area contributed by atoms with E-state index in [1.165, 1.54) is 54.7 Å². The molecule has 194 valence electrons. The summed E-state index contributed by atoms with van der Waals surface area (Å²) in [5.74, 6) is -0.152. The lowest BCUT2D eigenvalue weighted by atomic mass is 10.0. The number of aldehydes is 1. The molecule has 0 atom stereocenters. The second kappa shape index (κ2) is 13.5. The molecule has 10 heteroatoms. The van der Waals surface area contributed by atoms with Crippen LogP contribution in [0.2, 0.25) is 0 Å². The molecule has 1 amide bonds. The second-order valence-electron chi connectivity index (χ2n) is 8.49. The summed E-state index contributed by atoms with van der Waals surface area (Å²) >= 11 is 0. The molecule has 1 fully saturated rings. The molecule has 1 aliphatic carbocycles. The Morgan fingerprint density at radius 1 is 1.28 bits per heavy atom. The third-order valence-electron chi connectivity index (χ3n) is 5.62. The van der Waals surface area contributed by atoms with Crippen LogP contribution in [0.1, 0.15) is 48.5 Å². The van der Waals surface area contributed by atoms with Gasteiger partial charge in [0.1, 0.15) is 0 Å². The number of hydrogen-bond acceptors (Lipinski definition) is 6. The van der Waals surface area contributed by atoms with Gasteiger partial charge >= 0.3 is 6.18 Å². The molecule has 4 N–H and O–H groups in total. The first kappa shape index (κ1) is 28.7. The number of alkyl halides is 3. The van der Waals surface area contributed by atoms with Crippen molar-refractivity contribution >= 4 is 24.1 Å². The highest BCUT2D eigenvalue weighted by molar-refractivity contribution is 5.93. The van der Waals surface area contributed by atoms with Gasteiger partial charge in [-0.15, -0.1) is 0 Å². The van der Waals surface area contributed by atoms with E-state index >= 15 is 0 Å². The molecule has 0 unspecified atom stereocenters. The van der Waals surface area contributed by atoms with Crippen LogP contribution in [0.3, 0.4) is 0 Å². The number of nitrogens with zero attached hydrogens (tertiary/aromatic N) is 2. The van der Waals surface area contributed by atoms with Crippen molar-refractivity contribution in [2.75, 3.05) is 25.0 Å². The van der Waals surface area contributed by atoms with Crippen molar-refractivity contribution < 1.29 is 22.8 Å². The van der Waals surface area contributed by atoms with Crippen molar-refractivity contribution in [2.24, 2.45) is 11.7 Å². The second-order valence-corrected chi connectivity index (χ2v) is 8.49. The summed E-state index contributed by atoms with van der Waals surface area (Å²) in [6.07, 6.45) is 3.88. The zero-order chi connectivity index (χ0) is 26.7. The number of nitrogens with one attached hydrogen (secondary N) is 2. The summed E-state index contributed by atoms with van der Waals surface area (Å²) in [5, 5.41) is 9.93. The number of amides is 1. The molecular formula is C26H32F3N5O2. The van der Waals surface area contributed by atoms with Crippen LogP contribution in [-0.2, 0) is 11.0 Å². The first-order valence-corrected chi connectivity index (χ1v) is 11.6. The molecule has 1 aromatic heterocycles. The lowest BCUT2D eigenvalue weighted by molar-refractivity contribution is -0.137. The van der Waals surface area contributed by atoms with Crippen LogP contribution < -0.4 is 16.0 Å². The third kappa shape index (κ3) is 8.60. The quantitative estimate of drug-likeness (QED) is 0.244. The summed E-state index contributed by atoms with van der Waals surface area (Å²) in [7, 11) is 1.91. The zero-order valence-corrected chi connectivity index (χ0v) is 20.4. The molecule has 1 heterocycles. The third-order valence-corrected chi connectivity index (χ3v) is 5.62. The molecule has 36 heavy (non-hydrogen) atoms. The van der Waals surface area contributed by atoms with Gasteiger partial charge in [0, 0.05) is 37.0 Å². The van der Waals surface area contributed by atoms with Crippen LogP contribution in [0, 0.1) is 11.3 Å². The molecule has 0 spiro atoms. The van der Waals surface area contributed by atoms with Crippen molar-refractivity contribution in [1.82, 2.24) is 10.3 Å². The molecule has 0 bridgehead atoms. The Balaban J connectivity index is 0.000000388. The van der Waals surface area contributed by atoms with Crippen LogP contribution in [0.4, 0.5) is 18.9 Å². The Hall–Kier alpha value is -3.53. The van der Waals surface area contributed by atoms with E-state index in [0.29, 0.717) is 24.1 Å². The predicted octanol–water partition coefficient (Wildman–Crippen LogP) is 4.82. The van der Waals surface area contributed by atoms with E-state index in [1.54, 1.807) is 0 Å². The standard InChI is InChI=1S/C19H17F3N2O2.C7H15N3/c1-12(26)24(10-13-2-3-13)18-7-5-15(8-16(18)19(20,21)22)17-6-4-14(11-25)9-23-17;1-10-4-2-3-7(5-8)6-9/h4-9,11,13H,2-3,10H2,1H3;5-6,8,10H,2-4,9H2,1H3/b;7-6-,8-5?. The highest BCUT2D eigenvalue weighted by Gasteiger charge is 2.37. The summed E-state index contributed by atoms with van der Waals surface area (Å²) in [5.41, 5.74) is 6.06. The van der Waals surface area contributed by atoms with Crippen LogP contribution in [0.5, 0.6) is 0 Å². The summed E-state index contributed by atoms with van der Waals surface area (Å²) in [4.78, 5) is 27.8. The molecule has 3 rings (SSSR count). The van der Waals surface area contributed by atoms with Gasteiger partial charge in [0.15, 0.2) is 6.29 Å². The smallest absolute Gasteiger partial charge is 0.404 e. The number of aromatic nitrogens is 1. The van der Waals surface area contributed by atoms with Gasteiger partial charge in [-0.1, -0.05) is 6.07 Å². The molecule has 1 saturated carbocycles. The van der Waals surface area contributed by atoms with E-state index < -0.39 is 17.6 Å². The zero-order valence-electron chi connectivity index (χ0n) is 20.4. The number of rotatable bonds is 10. The van der Waals surface area contributed by atoms with Crippen molar-refractivity contribution in [3.05, 3.63) is 59.4 Å². The fraction of sp³-hybridized carbons (Fsp3) is 0.385. The van der Waals surface area contributed by atoms with E-state index in [4.69, 9.17) is 11.1 Å². The molecule has 2 aromatic rings. The van der Waals surface area contributed by atoms with Gasteiger partial charge < -0.3 is 21.4 Å². The van der Waals surface area contributed by atoms with Gasteiger partial charge in [-0.25, -0.2) is 0 Å². The molecule has 0 radical (unpaired) electrons. The molecule has 0 aliphatic heterocycles. The first-order valence-electron chi connectivity index (χ1n) is 11.6. The number of hydrogen-bond donors (Lipinski definition) is 3. The van der Waals surface area contributed by atoms with E-state index in [-0.39, 0.29) is 17.2 Å². The Morgan fingerprint density at radius 3 is 2.47 bits per heavy atom. The molecule has 0 saturated heterocycles. The largest absolute Gasteiger partial charge is 0.418 e. The minimum atomic E-state index is -4.61. The Labute approximate surface area is 209 Å². The fourth-order valence-electron chi connectivity index (χ4n) is 3.43. The summed E-state index contributed by atoms with van der Waals surface area (Å²) in [6.45, 7) is 2.55. The van der Waals surface area contributed by atoms with Crippen LogP contribution >= 0.6 is 0 Å². The molecule has 1 aliphatic rings. The molecule has 7 nitrogen and oxygen atoms in total. The number of carbonyl (C=O) groups is 2. The van der Waals surface area contributed by atoms with Gasteiger partial charge in [-0.05, 0) is 81.2 Å². The van der Waals surface area contributed by atoms with Crippen molar-refractivity contribution in [1.29, 1.82) is 5.41 Å². The fourth-order valence-corrected chi connectivity index (χ4v) is 3.43. The van der Waals surface area contributed by atoms with Gasteiger partial charge in [0.2, 0.25) is 5.91 Å². The van der Waals surface area contributed by atoms with Gasteiger partial charge in [-0.3, -0.25) is 14.6 Å². The van der Waals surface area contributed by atoms with Gasteiger partial charge in [-0.2, -0.15) is 13.2 Å². The first-order chi connectivity index (χ1) is 17.1. The minimum Gasteiger partial charge on any atom is -0.404 e. The number of halogens is 3. The SMILES string of the molecule is CC(=O)N(CC1CC1)c1ccc(-c2ccc(C=O)cn2)cc1C(F)(F)F.CNCCC/C(C=N)=C/N. The highest BCUT2D eigenvalue weighted by Crippen LogP contribution is 2.40. The van der Waals surface area contributed by atoms with E-state index in [1.807, 2.05) is 7.05 Å². The Kier molecular flexibility index (Phi) is 10.8. The topological polar surface area (TPSA) is 112 Å². The number of benzene rings is 1. The maximum absolute atomic E-state index is 13.6. The van der Waals surface area contributed by atoms with Crippen LogP contribution in [0.25, 0.3) is 11.3 Å². The molecular weight excluding hydrogens is 471 g/mol. The predicted molar refractivity (Wildman–Crippen MR) is 135 cm³/mol. The maximum Gasteiger partial charge on any atom is 0.418 e. The lowest BCUT2D eigenvalue weighted by Crippen LogP contribution is -2.32. The monoisotopic (exact) mass is 503 g/mol. The van der Waals surface area contributed by atoms with Crippen molar-refractivity contribution in [2.45, 2.75) is 38.8 Å². The lowest BCUT2D eigenvalue weighted by Gasteiger charge is -2.25. The average Bonchev–Trinajstić information content (AvgIpc) is 3.69. The maximum atomic E-state index is 13.6. The van der Waals surface area contributed by atoms with Gasteiger partial charge in [0.05, 0.1) is 16.9 Å². The molecule has 1 aromatic carbocycles. The van der Waals surface area contributed by atoms with E-state index in [2.05, 4.69) is 10.3 Å². The average molecular weight is 504 g/mol. The van der Waals surface area contributed by atoms with Crippen molar-refractivity contribution in [3.63, 3.8) is 0 Å². The van der Waals surface area contributed by atoms with Crippen molar-refractivity contribution in [3.8, 4) is 11.3 Å². The van der Waals surface area contributed by atoms with E-state index in [0.717, 1.165) is 43.9 Å². The number of carbonyl (C=O) groups excluding carboxylic acids is 2. The highest BCUT2D eigenvalue weighted by atomic mass is 19.4. The minimum absolute atomic E-state index is 0.134. The number of nitrogens with two attached hydrogens (primary N) is 1.